The maximum atomic E-state index is 9.69. The zero-order valence-electron chi connectivity index (χ0n) is 16.1. The zero-order chi connectivity index (χ0) is 19.6. The number of oxime groups is 1. The highest BCUT2D eigenvalue weighted by Gasteiger charge is 2.31. The molecule has 0 radical (unpaired) electrons. The molecule has 27 heavy (non-hydrogen) atoms. The van der Waals surface area contributed by atoms with Gasteiger partial charge in [-0.25, -0.2) is 4.98 Å². The Morgan fingerprint density at radius 2 is 1.85 bits per heavy atom. The summed E-state index contributed by atoms with van der Waals surface area (Å²) in [7, 11) is 0. The first kappa shape index (κ1) is 19.1. The Bertz CT molecular complexity index is 832. The fraction of sp³-hybridized carbons (Fsp3) is 0.450. The second-order valence-electron chi connectivity index (χ2n) is 6.98. The van der Waals surface area contributed by atoms with E-state index in [2.05, 4.69) is 15.1 Å². The van der Waals surface area contributed by atoms with Gasteiger partial charge in [0.05, 0.1) is 0 Å². The first-order chi connectivity index (χ1) is 12.8. The zero-order valence-corrected chi connectivity index (χ0v) is 16.1. The number of aryl methyl sites for hydroxylation is 2. The Balaban J connectivity index is 1.66. The summed E-state index contributed by atoms with van der Waals surface area (Å²) in [4.78, 5) is 13.8. The molecule has 0 aliphatic heterocycles. The summed E-state index contributed by atoms with van der Waals surface area (Å²) in [6.45, 7) is 7.71. The molecule has 7 heteroatoms. The molecule has 1 aliphatic rings. The Kier molecular flexibility index (Phi) is 5.60. The molecule has 144 valence electrons. The van der Waals surface area contributed by atoms with Gasteiger partial charge in [-0.15, -0.1) is 0 Å². The molecule has 0 bridgehead atoms. The minimum atomic E-state index is -0.876. The highest BCUT2D eigenvalue weighted by atomic mass is 16.7. The molecule has 2 atom stereocenters. The topological polar surface area (TPSA) is 103 Å². The summed E-state index contributed by atoms with van der Waals surface area (Å²) in [5.41, 5.74) is 9.49. The number of nitrogens with two attached hydrogens (primary N) is 1. The van der Waals surface area contributed by atoms with E-state index < -0.39 is 6.29 Å². The Hall–Kier alpha value is -2.67. The van der Waals surface area contributed by atoms with Crippen LogP contribution in [0.5, 0.6) is 5.88 Å². The normalized spacial score (nSPS) is 16.7. The van der Waals surface area contributed by atoms with Gasteiger partial charge in [-0.2, -0.15) is 4.98 Å². The molecule has 1 aliphatic carbocycles. The minimum Gasteiger partial charge on any atom is -0.469 e. The number of rotatable bonds is 7. The number of aliphatic hydroxyl groups excluding tert-OH is 1. The fourth-order valence-corrected chi connectivity index (χ4v) is 2.64. The molecule has 0 saturated heterocycles. The predicted molar refractivity (Wildman–Crippen MR) is 102 cm³/mol. The van der Waals surface area contributed by atoms with Crippen LogP contribution in [0.4, 0.5) is 0 Å². The first-order valence-corrected chi connectivity index (χ1v) is 9.11. The van der Waals surface area contributed by atoms with Gasteiger partial charge in [0.1, 0.15) is 11.9 Å². The van der Waals surface area contributed by atoms with Gasteiger partial charge in [-0.1, -0.05) is 29.4 Å². The van der Waals surface area contributed by atoms with Crippen molar-refractivity contribution in [1.29, 1.82) is 0 Å². The third-order valence-electron chi connectivity index (χ3n) is 4.70. The molecule has 3 rings (SSSR count). The van der Waals surface area contributed by atoms with Crippen molar-refractivity contribution < 1.29 is 14.7 Å². The summed E-state index contributed by atoms with van der Waals surface area (Å²) < 4.78 is 6.04. The molecule has 1 saturated carbocycles. The number of nitrogens with zero attached hydrogens (tertiary/aromatic N) is 3. The summed E-state index contributed by atoms with van der Waals surface area (Å²) >= 11 is 0. The van der Waals surface area contributed by atoms with Crippen LogP contribution in [0, 0.1) is 26.7 Å². The highest BCUT2D eigenvalue weighted by Crippen LogP contribution is 2.33. The van der Waals surface area contributed by atoms with Gasteiger partial charge < -0.3 is 20.4 Å². The summed E-state index contributed by atoms with van der Waals surface area (Å²) in [5.74, 6) is 1.69. The summed E-state index contributed by atoms with van der Waals surface area (Å²) in [6, 6.07) is 7.56. The first-order valence-electron chi connectivity index (χ1n) is 9.11. The molecule has 3 N–H and O–H groups in total. The molecule has 0 spiro atoms. The van der Waals surface area contributed by atoms with Gasteiger partial charge in [0.25, 0.3) is 0 Å². The van der Waals surface area contributed by atoms with Crippen LogP contribution in [-0.4, -0.2) is 27.2 Å². The van der Waals surface area contributed by atoms with E-state index in [1.807, 2.05) is 52.0 Å². The van der Waals surface area contributed by atoms with Gasteiger partial charge in [0.15, 0.2) is 5.84 Å². The standard InChI is InChI=1S/C20H26N4O3/c1-11-12(2)22-14(4)23-19(11)26-13(3)15-5-7-16(8-6-15)18(21)24-27-20(25)17-9-10-17/h5-8,13,17,20,25H,9-10H2,1-4H3,(H2,21,24)/t13-,20?/m0/s1. The monoisotopic (exact) mass is 370 g/mol. The van der Waals surface area contributed by atoms with Gasteiger partial charge >= 0.3 is 0 Å². The van der Waals surface area contributed by atoms with Gasteiger partial charge in [0, 0.05) is 22.7 Å². The highest BCUT2D eigenvalue weighted by molar-refractivity contribution is 5.97. The SMILES string of the molecule is Cc1nc(C)c(C)c(O[C@@H](C)c2ccc(/C(N)=N/OC(O)C3CC3)cc2)n1. The van der Waals surface area contributed by atoms with E-state index in [0.29, 0.717) is 11.7 Å². The van der Waals surface area contributed by atoms with E-state index in [-0.39, 0.29) is 17.9 Å². The van der Waals surface area contributed by atoms with Crippen molar-refractivity contribution in [3.63, 3.8) is 0 Å². The number of benzene rings is 1. The van der Waals surface area contributed by atoms with E-state index in [9.17, 15) is 5.11 Å². The number of amidine groups is 1. The summed E-state index contributed by atoms with van der Waals surface area (Å²) in [6.07, 6.45) is 0.874. The molecule has 1 unspecified atom stereocenters. The molecule has 0 amide bonds. The number of ether oxygens (including phenoxy) is 1. The van der Waals surface area contributed by atoms with Crippen LogP contribution >= 0.6 is 0 Å². The second kappa shape index (κ2) is 7.92. The van der Waals surface area contributed by atoms with Crippen molar-refractivity contribution >= 4 is 5.84 Å². The molecule has 7 nitrogen and oxygen atoms in total. The van der Waals surface area contributed by atoms with E-state index in [4.69, 9.17) is 15.3 Å². The number of hydrogen-bond donors (Lipinski definition) is 2. The largest absolute Gasteiger partial charge is 0.469 e. The lowest BCUT2D eigenvalue weighted by atomic mass is 10.1. The van der Waals surface area contributed by atoms with Crippen molar-refractivity contribution in [3.05, 3.63) is 52.5 Å². The molecular formula is C20H26N4O3. The second-order valence-corrected chi connectivity index (χ2v) is 6.98. The van der Waals surface area contributed by atoms with Crippen LogP contribution in [0.15, 0.2) is 29.4 Å². The molecule has 1 aromatic carbocycles. The van der Waals surface area contributed by atoms with Crippen LogP contribution in [0.3, 0.4) is 0 Å². The average molecular weight is 370 g/mol. The molecular weight excluding hydrogens is 344 g/mol. The van der Waals surface area contributed by atoms with E-state index >= 15 is 0 Å². The Labute approximate surface area is 159 Å². The fourth-order valence-electron chi connectivity index (χ4n) is 2.64. The van der Waals surface area contributed by atoms with Crippen molar-refractivity contribution in [3.8, 4) is 5.88 Å². The van der Waals surface area contributed by atoms with E-state index in [1.165, 1.54) is 0 Å². The van der Waals surface area contributed by atoms with Crippen LogP contribution in [0.1, 0.15) is 54.1 Å². The Morgan fingerprint density at radius 3 is 2.48 bits per heavy atom. The summed E-state index contributed by atoms with van der Waals surface area (Å²) in [5, 5.41) is 13.5. The minimum absolute atomic E-state index is 0.180. The average Bonchev–Trinajstić information content (AvgIpc) is 3.48. The van der Waals surface area contributed by atoms with Crippen LogP contribution in [0.25, 0.3) is 0 Å². The number of aliphatic hydroxyl groups is 1. The van der Waals surface area contributed by atoms with Crippen molar-refractivity contribution in [2.45, 2.75) is 52.9 Å². The number of aromatic nitrogens is 2. The van der Waals surface area contributed by atoms with Crippen molar-refractivity contribution in [1.82, 2.24) is 9.97 Å². The molecule has 2 aromatic rings. The van der Waals surface area contributed by atoms with Crippen LogP contribution < -0.4 is 10.5 Å². The van der Waals surface area contributed by atoms with Gasteiger partial charge in [-0.3, -0.25) is 0 Å². The van der Waals surface area contributed by atoms with E-state index in [0.717, 1.165) is 35.2 Å². The predicted octanol–water partition coefficient (Wildman–Crippen LogP) is 2.91. The maximum absolute atomic E-state index is 9.69. The molecule has 1 fully saturated rings. The van der Waals surface area contributed by atoms with Crippen molar-refractivity contribution in [2.24, 2.45) is 16.8 Å². The number of hydrogen-bond acceptors (Lipinski definition) is 6. The third-order valence-corrected chi connectivity index (χ3v) is 4.70. The molecule has 1 heterocycles. The van der Waals surface area contributed by atoms with Gasteiger partial charge in [-0.05, 0) is 46.1 Å². The third kappa shape index (κ3) is 4.74. The lowest BCUT2D eigenvalue weighted by Gasteiger charge is -2.17. The lowest BCUT2D eigenvalue weighted by molar-refractivity contribution is -0.111. The van der Waals surface area contributed by atoms with Crippen molar-refractivity contribution in [2.75, 3.05) is 0 Å². The smallest absolute Gasteiger partial charge is 0.227 e. The quantitative estimate of drug-likeness (QED) is 0.336. The lowest BCUT2D eigenvalue weighted by Crippen LogP contribution is -2.18. The molecule has 1 aromatic heterocycles. The maximum Gasteiger partial charge on any atom is 0.227 e. The van der Waals surface area contributed by atoms with Gasteiger partial charge in [0.2, 0.25) is 12.2 Å². The van der Waals surface area contributed by atoms with Crippen LogP contribution in [0.2, 0.25) is 0 Å². The van der Waals surface area contributed by atoms with E-state index in [1.54, 1.807) is 0 Å². The van der Waals surface area contributed by atoms with Crippen LogP contribution in [-0.2, 0) is 4.84 Å². The Morgan fingerprint density at radius 1 is 1.19 bits per heavy atom.